The van der Waals surface area contributed by atoms with Gasteiger partial charge in [0.25, 0.3) is 17.0 Å². The summed E-state index contributed by atoms with van der Waals surface area (Å²) in [5.74, 6) is 0.392. The zero-order valence-electron chi connectivity index (χ0n) is 14.8. The number of pyridine rings is 1. The summed E-state index contributed by atoms with van der Waals surface area (Å²) >= 11 is 0. The molecule has 0 aliphatic carbocycles. The van der Waals surface area contributed by atoms with Crippen LogP contribution in [0.5, 0.6) is 0 Å². The van der Waals surface area contributed by atoms with Crippen LogP contribution in [0, 0.1) is 10.1 Å². The SMILES string of the molecule is O=c1c2c(-c3ccccc3)n3ncnc3nc2ccn1-c1ccc([N+](=O)[O-])cc1. The number of hydrogen-bond donors (Lipinski definition) is 0. The highest BCUT2D eigenvalue weighted by Gasteiger charge is 2.17. The summed E-state index contributed by atoms with van der Waals surface area (Å²) in [7, 11) is 0. The number of nitro benzene ring substituents is 1. The van der Waals surface area contributed by atoms with E-state index in [0.29, 0.717) is 28.1 Å². The van der Waals surface area contributed by atoms with Gasteiger partial charge in [-0.15, -0.1) is 0 Å². The summed E-state index contributed by atoms with van der Waals surface area (Å²) in [6, 6.07) is 16.9. The molecule has 9 nitrogen and oxygen atoms in total. The van der Waals surface area contributed by atoms with Crippen molar-refractivity contribution in [3.8, 4) is 16.9 Å². The lowest BCUT2D eigenvalue weighted by Crippen LogP contribution is -2.20. The van der Waals surface area contributed by atoms with E-state index in [1.165, 1.54) is 35.2 Å². The number of aromatic nitrogens is 5. The van der Waals surface area contributed by atoms with E-state index in [4.69, 9.17) is 0 Å². The van der Waals surface area contributed by atoms with Crippen molar-refractivity contribution in [3.63, 3.8) is 0 Å². The average molecular weight is 384 g/mol. The highest BCUT2D eigenvalue weighted by atomic mass is 16.6. The molecule has 3 heterocycles. The predicted molar refractivity (Wildman–Crippen MR) is 106 cm³/mol. The zero-order valence-corrected chi connectivity index (χ0v) is 14.8. The van der Waals surface area contributed by atoms with Crippen molar-refractivity contribution in [2.45, 2.75) is 0 Å². The molecule has 0 radical (unpaired) electrons. The first-order valence-electron chi connectivity index (χ1n) is 8.69. The normalized spacial score (nSPS) is 11.2. The highest BCUT2D eigenvalue weighted by molar-refractivity contribution is 5.93. The third-order valence-electron chi connectivity index (χ3n) is 4.66. The lowest BCUT2D eigenvalue weighted by atomic mass is 10.1. The topological polar surface area (TPSA) is 108 Å². The van der Waals surface area contributed by atoms with Crippen molar-refractivity contribution in [3.05, 3.63) is 93.7 Å². The van der Waals surface area contributed by atoms with E-state index >= 15 is 0 Å². The summed E-state index contributed by atoms with van der Waals surface area (Å²) in [4.78, 5) is 32.5. The third kappa shape index (κ3) is 2.64. The van der Waals surface area contributed by atoms with Crippen molar-refractivity contribution >= 4 is 22.4 Å². The van der Waals surface area contributed by atoms with Gasteiger partial charge in [0.15, 0.2) is 0 Å². The molecule has 0 unspecified atom stereocenters. The van der Waals surface area contributed by atoms with Crippen LogP contribution in [0.1, 0.15) is 0 Å². The van der Waals surface area contributed by atoms with Crippen LogP contribution in [0.4, 0.5) is 5.69 Å². The minimum Gasteiger partial charge on any atom is -0.284 e. The molecular weight excluding hydrogens is 372 g/mol. The van der Waals surface area contributed by atoms with Crippen molar-refractivity contribution in [2.24, 2.45) is 0 Å². The number of hydrogen-bond acceptors (Lipinski definition) is 6. The van der Waals surface area contributed by atoms with Crippen LogP contribution >= 0.6 is 0 Å². The average Bonchev–Trinajstić information content (AvgIpc) is 3.21. The quantitative estimate of drug-likeness (QED) is 0.349. The molecule has 0 saturated carbocycles. The van der Waals surface area contributed by atoms with Gasteiger partial charge in [-0.1, -0.05) is 30.3 Å². The van der Waals surface area contributed by atoms with Crippen molar-refractivity contribution in [1.82, 2.24) is 24.1 Å². The molecule has 0 aliphatic rings. The molecule has 0 N–H and O–H groups in total. The molecule has 9 heteroatoms. The van der Waals surface area contributed by atoms with Gasteiger partial charge < -0.3 is 0 Å². The van der Waals surface area contributed by atoms with Gasteiger partial charge in [0.05, 0.1) is 21.5 Å². The maximum absolute atomic E-state index is 13.4. The smallest absolute Gasteiger partial charge is 0.269 e. The first-order chi connectivity index (χ1) is 14.1. The number of fused-ring (bicyclic) bond motifs is 2. The Morgan fingerprint density at radius 2 is 1.72 bits per heavy atom. The van der Waals surface area contributed by atoms with Crippen LogP contribution < -0.4 is 5.56 Å². The zero-order chi connectivity index (χ0) is 20.0. The number of benzene rings is 2. The maximum atomic E-state index is 13.4. The van der Waals surface area contributed by atoms with Crippen LogP contribution in [-0.2, 0) is 0 Å². The Morgan fingerprint density at radius 1 is 0.966 bits per heavy atom. The lowest BCUT2D eigenvalue weighted by Gasteiger charge is -2.11. The Bertz CT molecular complexity index is 1440. The van der Waals surface area contributed by atoms with E-state index in [2.05, 4.69) is 15.1 Å². The summed E-state index contributed by atoms with van der Waals surface area (Å²) < 4.78 is 2.97. The standard InChI is InChI=1S/C20H12N6O3/c27-19-17-16(10-11-24(19)14-6-8-15(9-7-14)26(28)29)23-20-21-12-22-25(20)18(17)13-4-2-1-3-5-13/h1-12H. The first-order valence-corrected chi connectivity index (χ1v) is 8.69. The van der Waals surface area contributed by atoms with Gasteiger partial charge in [-0.05, 0) is 18.2 Å². The van der Waals surface area contributed by atoms with E-state index in [1.807, 2.05) is 30.3 Å². The summed E-state index contributed by atoms with van der Waals surface area (Å²) in [5, 5.41) is 15.5. The van der Waals surface area contributed by atoms with Gasteiger partial charge in [0, 0.05) is 29.6 Å². The third-order valence-corrected chi connectivity index (χ3v) is 4.66. The Hall–Kier alpha value is -4.40. The van der Waals surface area contributed by atoms with E-state index in [9.17, 15) is 14.9 Å². The molecule has 0 aliphatic heterocycles. The summed E-state index contributed by atoms with van der Waals surface area (Å²) in [6.07, 6.45) is 2.99. The van der Waals surface area contributed by atoms with Crippen molar-refractivity contribution in [2.75, 3.05) is 0 Å². The van der Waals surface area contributed by atoms with Gasteiger partial charge in [-0.3, -0.25) is 19.5 Å². The number of nitro groups is 1. The summed E-state index contributed by atoms with van der Waals surface area (Å²) in [6.45, 7) is 0. The second kappa shape index (κ2) is 6.34. The molecule has 0 amide bonds. The Kier molecular flexibility index (Phi) is 3.66. The van der Waals surface area contributed by atoms with E-state index < -0.39 is 4.92 Å². The first kappa shape index (κ1) is 16.8. The predicted octanol–water partition coefficient (Wildman–Crippen LogP) is 3.00. The van der Waals surface area contributed by atoms with E-state index in [-0.39, 0.29) is 11.2 Å². The highest BCUT2D eigenvalue weighted by Crippen LogP contribution is 2.26. The van der Waals surface area contributed by atoms with Gasteiger partial charge in [0.1, 0.15) is 6.33 Å². The molecule has 0 saturated heterocycles. The summed E-state index contributed by atoms with van der Waals surface area (Å²) in [5.41, 5.74) is 2.05. The van der Waals surface area contributed by atoms with Crippen molar-refractivity contribution < 1.29 is 4.92 Å². The van der Waals surface area contributed by atoms with Crippen LogP contribution in [-0.4, -0.2) is 29.1 Å². The molecule has 0 bridgehead atoms. The molecule has 3 aromatic heterocycles. The van der Waals surface area contributed by atoms with E-state index in [0.717, 1.165) is 5.56 Å². The van der Waals surface area contributed by atoms with Crippen molar-refractivity contribution in [1.29, 1.82) is 0 Å². The monoisotopic (exact) mass is 384 g/mol. The fraction of sp³-hybridized carbons (Fsp3) is 0. The van der Waals surface area contributed by atoms with Crippen LogP contribution in [0.3, 0.4) is 0 Å². The Labute approximate surface area is 162 Å². The molecule has 140 valence electrons. The Balaban J connectivity index is 1.84. The minimum atomic E-state index is -0.480. The number of rotatable bonds is 3. The van der Waals surface area contributed by atoms with E-state index in [1.54, 1.807) is 16.8 Å². The fourth-order valence-electron chi connectivity index (χ4n) is 3.33. The van der Waals surface area contributed by atoms with Gasteiger partial charge in [-0.25, -0.2) is 4.98 Å². The molecule has 5 rings (SSSR count). The number of non-ortho nitro benzene ring substituents is 1. The van der Waals surface area contributed by atoms with Crippen LogP contribution in [0.25, 0.3) is 33.6 Å². The second-order valence-electron chi connectivity index (χ2n) is 6.32. The molecule has 29 heavy (non-hydrogen) atoms. The van der Waals surface area contributed by atoms with Crippen LogP contribution in [0.15, 0.2) is 78.0 Å². The molecule has 0 atom stereocenters. The lowest BCUT2D eigenvalue weighted by molar-refractivity contribution is -0.384. The van der Waals surface area contributed by atoms with Crippen LogP contribution in [0.2, 0.25) is 0 Å². The molecule has 0 fully saturated rings. The molecule has 0 spiro atoms. The van der Waals surface area contributed by atoms with Gasteiger partial charge in [-0.2, -0.15) is 14.6 Å². The molecule has 2 aromatic carbocycles. The largest absolute Gasteiger partial charge is 0.284 e. The fourth-order valence-corrected chi connectivity index (χ4v) is 3.33. The second-order valence-corrected chi connectivity index (χ2v) is 6.32. The minimum absolute atomic E-state index is 0.0430. The maximum Gasteiger partial charge on any atom is 0.269 e. The molecule has 5 aromatic rings. The van der Waals surface area contributed by atoms with Gasteiger partial charge >= 0.3 is 0 Å². The van der Waals surface area contributed by atoms with Gasteiger partial charge in [0.2, 0.25) is 0 Å². The Morgan fingerprint density at radius 3 is 2.45 bits per heavy atom. The number of nitrogens with zero attached hydrogens (tertiary/aromatic N) is 6. The molecular formula is C20H12N6O3.